The molecule has 1 aromatic carbocycles. The second kappa shape index (κ2) is 6.80. The molecule has 2 aliphatic rings. The Morgan fingerprint density at radius 2 is 1.95 bits per heavy atom. The number of nitrogens with zero attached hydrogens (tertiary/aromatic N) is 1. The molecule has 0 bridgehead atoms. The summed E-state index contributed by atoms with van der Waals surface area (Å²) in [5, 5.41) is 3.59. The second-order valence-electron chi connectivity index (χ2n) is 6.66. The van der Waals surface area contributed by atoms with Gasteiger partial charge in [0.2, 0.25) is 0 Å². The van der Waals surface area contributed by atoms with Crippen LogP contribution in [0.25, 0.3) is 0 Å². The van der Waals surface area contributed by atoms with Crippen molar-refractivity contribution in [3.63, 3.8) is 0 Å². The molecule has 0 amide bonds. The van der Waals surface area contributed by atoms with Crippen LogP contribution in [0.15, 0.2) is 18.2 Å². The molecule has 1 saturated carbocycles. The lowest BCUT2D eigenvalue weighted by Crippen LogP contribution is -2.35. The van der Waals surface area contributed by atoms with Crippen LogP contribution in [-0.4, -0.2) is 32.8 Å². The normalized spacial score (nSPS) is 20.0. The lowest BCUT2D eigenvalue weighted by molar-refractivity contribution is 0.139. The van der Waals surface area contributed by atoms with Crippen molar-refractivity contribution in [2.45, 2.75) is 45.2 Å². The van der Waals surface area contributed by atoms with Gasteiger partial charge in [-0.25, -0.2) is 0 Å². The maximum Gasteiger partial charge on any atom is 0.0491 e. The summed E-state index contributed by atoms with van der Waals surface area (Å²) >= 11 is 0. The third kappa shape index (κ3) is 3.98. The number of benzene rings is 1. The molecule has 0 radical (unpaired) electrons. The summed E-state index contributed by atoms with van der Waals surface area (Å²) in [6.07, 6.45) is 5.21. The second-order valence-corrected chi connectivity index (χ2v) is 6.66. The fourth-order valence-corrected chi connectivity index (χ4v) is 3.31. The fraction of sp³-hybridized carbons (Fsp3) is 0.667. The summed E-state index contributed by atoms with van der Waals surface area (Å²) in [6.45, 7) is 6.50. The maximum atomic E-state index is 5.29. The van der Waals surface area contributed by atoms with Crippen molar-refractivity contribution in [2.24, 2.45) is 5.92 Å². The largest absolute Gasteiger partial charge is 0.384 e. The van der Waals surface area contributed by atoms with Crippen molar-refractivity contribution >= 4 is 5.69 Å². The van der Waals surface area contributed by atoms with Gasteiger partial charge in [0, 0.05) is 45.1 Å². The van der Waals surface area contributed by atoms with E-state index < -0.39 is 0 Å². The van der Waals surface area contributed by atoms with Crippen LogP contribution in [0.4, 0.5) is 5.69 Å². The van der Waals surface area contributed by atoms with E-state index in [4.69, 9.17) is 4.74 Å². The van der Waals surface area contributed by atoms with Crippen molar-refractivity contribution in [3.8, 4) is 0 Å². The number of piperidine rings is 1. The minimum absolute atomic E-state index is 0.744. The summed E-state index contributed by atoms with van der Waals surface area (Å²) in [5.74, 6) is 0.744. The van der Waals surface area contributed by atoms with E-state index in [0.29, 0.717) is 0 Å². The summed E-state index contributed by atoms with van der Waals surface area (Å²) in [6, 6.07) is 7.74. The molecular weight excluding hydrogens is 260 g/mol. The van der Waals surface area contributed by atoms with E-state index in [9.17, 15) is 0 Å². The van der Waals surface area contributed by atoms with E-state index in [1.54, 1.807) is 0 Å². The van der Waals surface area contributed by atoms with Crippen LogP contribution in [0, 0.1) is 12.8 Å². The molecule has 1 aromatic rings. The van der Waals surface area contributed by atoms with Crippen LogP contribution in [0.3, 0.4) is 0 Å². The molecule has 0 spiro atoms. The fourth-order valence-electron chi connectivity index (χ4n) is 3.31. The average Bonchev–Trinajstić information content (AvgIpc) is 3.31. The predicted octanol–water partition coefficient (Wildman–Crippen LogP) is 3.11. The van der Waals surface area contributed by atoms with Crippen LogP contribution >= 0.6 is 0 Å². The van der Waals surface area contributed by atoms with E-state index in [1.165, 1.54) is 42.5 Å². The molecule has 1 N–H and O–H groups in total. The molecule has 0 aromatic heterocycles. The maximum absolute atomic E-state index is 5.29. The first-order valence-electron chi connectivity index (χ1n) is 8.33. The van der Waals surface area contributed by atoms with Crippen LogP contribution in [0.2, 0.25) is 0 Å². The Morgan fingerprint density at radius 3 is 2.57 bits per heavy atom. The Morgan fingerprint density at radius 1 is 1.19 bits per heavy atom. The lowest BCUT2D eigenvalue weighted by Gasteiger charge is -2.34. The van der Waals surface area contributed by atoms with Gasteiger partial charge in [0.1, 0.15) is 0 Å². The molecule has 116 valence electrons. The SMILES string of the molecule is COCC1CCN(c2ccc(CNC3CC3)cc2C)CC1. The first-order valence-corrected chi connectivity index (χ1v) is 8.33. The molecule has 3 heteroatoms. The Hall–Kier alpha value is -1.06. The van der Waals surface area contributed by atoms with Crippen molar-refractivity contribution in [1.29, 1.82) is 0 Å². The predicted molar refractivity (Wildman–Crippen MR) is 87.9 cm³/mol. The molecule has 21 heavy (non-hydrogen) atoms. The summed E-state index contributed by atoms with van der Waals surface area (Å²) in [5.41, 5.74) is 4.24. The van der Waals surface area contributed by atoms with Gasteiger partial charge in [-0.1, -0.05) is 12.1 Å². The Labute approximate surface area is 128 Å². The number of nitrogens with one attached hydrogen (secondary N) is 1. The van der Waals surface area contributed by atoms with Crippen LogP contribution in [0.1, 0.15) is 36.8 Å². The van der Waals surface area contributed by atoms with Crippen molar-refractivity contribution in [1.82, 2.24) is 5.32 Å². The van der Waals surface area contributed by atoms with Crippen molar-refractivity contribution in [2.75, 3.05) is 31.7 Å². The average molecular weight is 288 g/mol. The number of hydrogen-bond acceptors (Lipinski definition) is 3. The minimum Gasteiger partial charge on any atom is -0.384 e. The van der Waals surface area contributed by atoms with Gasteiger partial charge in [0.25, 0.3) is 0 Å². The van der Waals surface area contributed by atoms with Gasteiger partial charge in [-0.15, -0.1) is 0 Å². The molecule has 3 nitrogen and oxygen atoms in total. The number of hydrogen-bond donors (Lipinski definition) is 1. The molecule has 0 unspecified atom stereocenters. The standard InChI is InChI=1S/C18H28N2O/c1-14-11-16(12-19-17-4-5-17)3-6-18(14)20-9-7-15(8-10-20)13-21-2/h3,6,11,15,17,19H,4-5,7-10,12-13H2,1-2H3. The van der Waals surface area contributed by atoms with E-state index in [1.807, 2.05) is 7.11 Å². The van der Waals surface area contributed by atoms with Gasteiger partial charge >= 0.3 is 0 Å². The van der Waals surface area contributed by atoms with Crippen LogP contribution in [0.5, 0.6) is 0 Å². The zero-order valence-corrected chi connectivity index (χ0v) is 13.4. The number of anilines is 1. The highest BCUT2D eigenvalue weighted by Gasteiger charge is 2.21. The van der Waals surface area contributed by atoms with Crippen molar-refractivity contribution < 1.29 is 4.74 Å². The zero-order chi connectivity index (χ0) is 14.7. The third-order valence-electron chi connectivity index (χ3n) is 4.79. The molecule has 1 heterocycles. The Balaban J connectivity index is 1.57. The summed E-state index contributed by atoms with van der Waals surface area (Å²) in [7, 11) is 1.81. The van der Waals surface area contributed by atoms with E-state index in [-0.39, 0.29) is 0 Å². The number of rotatable bonds is 6. The van der Waals surface area contributed by atoms with Gasteiger partial charge < -0.3 is 15.0 Å². The molecule has 1 saturated heterocycles. The van der Waals surface area contributed by atoms with Crippen molar-refractivity contribution in [3.05, 3.63) is 29.3 Å². The van der Waals surface area contributed by atoms with Gasteiger partial charge in [-0.05, 0) is 55.7 Å². The quantitative estimate of drug-likeness (QED) is 0.870. The van der Waals surface area contributed by atoms with E-state index in [2.05, 4.69) is 35.3 Å². The highest BCUT2D eigenvalue weighted by atomic mass is 16.5. The van der Waals surface area contributed by atoms with Gasteiger partial charge in [0.15, 0.2) is 0 Å². The molecule has 0 atom stereocenters. The van der Waals surface area contributed by atoms with Crippen LogP contribution < -0.4 is 10.2 Å². The minimum atomic E-state index is 0.744. The molecule has 1 aliphatic heterocycles. The molecule has 1 aliphatic carbocycles. The van der Waals surface area contributed by atoms with E-state index in [0.717, 1.165) is 38.2 Å². The number of aryl methyl sites for hydroxylation is 1. The summed E-state index contributed by atoms with van der Waals surface area (Å²) < 4.78 is 5.29. The first-order chi connectivity index (χ1) is 10.3. The van der Waals surface area contributed by atoms with E-state index >= 15 is 0 Å². The smallest absolute Gasteiger partial charge is 0.0491 e. The van der Waals surface area contributed by atoms with Gasteiger partial charge in [-0.2, -0.15) is 0 Å². The monoisotopic (exact) mass is 288 g/mol. The topological polar surface area (TPSA) is 24.5 Å². The first kappa shape index (κ1) is 14.9. The van der Waals surface area contributed by atoms with Gasteiger partial charge in [0.05, 0.1) is 0 Å². The zero-order valence-electron chi connectivity index (χ0n) is 13.4. The van der Waals surface area contributed by atoms with Gasteiger partial charge in [-0.3, -0.25) is 0 Å². The molecule has 3 rings (SSSR count). The lowest BCUT2D eigenvalue weighted by atomic mass is 9.96. The Bertz CT molecular complexity index is 462. The molecule has 2 fully saturated rings. The number of ether oxygens (including phenoxy) is 1. The number of methoxy groups -OCH3 is 1. The molecular formula is C18H28N2O. The summed E-state index contributed by atoms with van der Waals surface area (Å²) in [4.78, 5) is 2.54. The third-order valence-corrected chi connectivity index (χ3v) is 4.79. The Kier molecular flexibility index (Phi) is 4.81. The highest BCUT2D eigenvalue weighted by molar-refractivity contribution is 5.54. The van der Waals surface area contributed by atoms with Crippen LogP contribution in [-0.2, 0) is 11.3 Å². The highest BCUT2D eigenvalue weighted by Crippen LogP contribution is 2.27.